The zero-order chi connectivity index (χ0) is 12.3. The minimum atomic E-state index is -0.722. The highest BCUT2D eigenvalue weighted by molar-refractivity contribution is 5.79. The summed E-state index contributed by atoms with van der Waals surface area (Å²) >= 11 is 0. The number of carbonyl (C=O) groups excluding carboxylic acids is 1. The fourth-order valence-electron chi connectivity index (χ4n) is 1.71. The Morgan fingerprint density at radius 3 is 2.69 bits per heavy atom. The van der Waals surface area contributed by atoms with E-state index in [1.165, 1.54) is 7.11 Å². The molecule has 0 aliphatic carbocycles. The van der Waals surface area contributed by atoms with Crippen LogP contribution < -0.4 is 5.32 Å². The molecular formula is C11H19N3O2. The van der Waals surface area contributed by atoms with Gasteiger partial charge in [-0.3, -0.25) is 10.1 Å². The van der Waals surface area contributed by atoms with Gasteiger partial charge in [-0.2, -0.15) is 0 Å². The number of hydrogen-bond donors (Lipinski definition) is 1. The molecule has 0 fully saturated rings. The third kappa shape index (κ3) is 2.61. The van der Waals surface area contributed by atoms with Gasteiger partial charge in [0.15, 0.2) is 0 Å². The van der Waals surface area contributed by atoms with E-state index in [0.29, 0.717) is 0 Å². The first-order valence-corrected chi connectivity index (χ1v) is 5.22. The third-order valence-corrected chi connectivity index (χ3v) is 2.52. The van der Waals surface area contributed by atoms with Gasteiger partial charge in [0.25, 0.3) is 0 Å². The Hall–Kier alpha value is -1.36. The van der Waals surface area contributed by atoms with Gasteiger partial charge in [0.2, 0.25) is 0 Å². The maximum absolute atomic E-state index is 11.5. The van der Waals surface area contributed by atoms with E-state index in [0.717, 1.165) is 5.82 Å². The predicted molar refractivity (Wildman–Crippen MR) is 60.9 cm³/mol. The molecule has 0 bridgehead atoms. The number of rotatable bonds is 4. The fraction of sp³-hybridized carbons (Fsp3) is 0.636. The van der Waals surface area contributed by atoms with E-state index in [9.17, 15) is 4.79 Å². The number of ether oxygens (including phenoxy) is 1. The normalized spacial score (nSPS) is 13.6. The molecule has 16 heavy (non-hydrogen) atoms. The van der Waals surface area contributed by atoms with Gasteiger partial charge in [0.1, 0.15) is 11.4 Å². The van der Waals surface area contributed by atoms with Crippen molar-refractivity contribution in [1.82, 2.24) is 14.9 Å². The predicted octanol–water partition coefficient (Wildman–Crippen LogP) is 1.02. The van der Waals surface area contributed by atoms with Gasteiger partial charge in [-0.05, 0) is 20.8 Å². The summed E-state index contributed by atoms with van der Waals surface area (Å²) in [6.45, 7) is 5.55. The van der Waals surface area contributed by atoms with Crippen LogP contribution in [0.15, 0.2) is 12.4 Å². The van der Waals surface area contributed by atoms with Crippen molar-refractivity contribution in [2.75, 3.05) is 7.11 Å². The van der Waals surface area contributed by atoms with Gasteiger partial charge >= 0.3 is 5.97 Å². The first-order valence-electron chi connectivity index (χ1n) is 5.22. The zero-order valence-electron chi connectivity index (χ0n) is 10.4. The summed E-state index contributed by atoms with van der Waals surface area (Å²) in [5.74, 6) is 0.602. The summed E-state index contributed by atoms with van der Waals surface area (Å²) < 4.78 is 6.66. The highest BCUT2D eigenvalue weighted by atomic mass is 16.5. The largest absolute Gasteiger partial charge is 0.468 e. The van der Waals surface area contributed by atoms with Crippen molar-refractivity contribution in [2.24, 2.45) is 7.05 Å². The second-order valence-electron chi connectivity index (χ2n) is 4.38. The maximum Gasteiger partial charge on any atom is 0.325 e. The van der Waals surface area contributed by atoms with E-state index >= 15 is 0 Å². The Morgan fingerprint density at radius 2 is 2.25 bits per heavy atom. The Bertz CT molecular complexity index is 371. The molecule has 1 heterocycles. The van der Waals surface area contributed by atoms with Gasteiger partial charge in [-0.15, -0.1) is 0 Å². The lowest BCUT2D eigenvalue weighted by Crippen LogP contribution is -2.48. The van der Waals surface area contributed by atoms with Crippen molar-refractivity contribution in [3.63, 3.8) is 0 Å². The van der Waals surface area contributed by atoms with Gasteiger partial charge in [0.05, 0.1) is 13.2 Å². The Labute approximate surface area is 95.8 Å². The van der Waals surface area contributed by atoms with Crippen molar-refractivity contribution in [1.29, 1.82) is 0 Å². The lowest BCUT2D eigenvalue weighted by molar-refractivity contribution is -0.147. The molecule has 1 N–H and O–H groups in total. The monoisotopic (exact) mass is 225 g/mol. The molecule has 1 unspecified atom stereocenters. The Morgan fingerprint density at radius 1 is 1.62 bits per heavy atom. The molecule has 0 saturated carbocycles. The molecule has 0 amide bonds. The second kappa shape index (κ2) is 4.65. The zero-order valence-corrected chi connectivity index (χ0v) is 10.4. The molecule has 0 saturated heterocycles. The van der Waals surface area contributed by atoms with Crippen LogP contribution in [0.5, 0.6) is 0 Å². The van der Waals surface area contributed by atoms with Gasteiger partial charge in [-0.1, -0.05) is 0 Å². The minimum absolute atomic E-state index is 0.0194. The first-order chi connectivity index (χ1) is 7.38. The topological polar surface area (TPSA) is 56.1 Å². The van der Waals surface area contributed by atoms with Crippen LogP contribution in [-0.2, 0) is 16.6 Å². The molecule has 90 valence electrons. The first kappa shape index (κ1) is 12.7. The van der Waals surface area contributed by atoms with Crippen LogP contribution in [0.2, 0.25) is 0 Å². The number of aromatic nitrogens is 2. The Balaban J connectivity index is 2.75. The number of nitrogens with one attached hydrogen (secondary N) is 1. The molecule has 0 aliphatic rings. The molecule has 1 rings (SSSR count). The van der Waals surface area contributed by atoms with Crippen LogP contribution >= 0.6 is 0 Å². The molecule has 5 nitrogen and oxygen atoms in total. The van der Waals surface area contributed by atoms with E-state index in [4.69, 9.17) is 4.74 Å². The van der Waals surface area contributed by atoms with Crippen LogP contribution in [0.1, 0.15) is 32.6 Å². The summed E-state index contributed by atoms with van der Waals surface area (Å²) in [4.78, 5) is 15.7. The second-order valence-corrected chi connectivity index (χ2v) is 4.38. The molecule has 0 spiro atoms. The number of imidazole rings is 1. The van der Waals surface area contributed by atoms with E-state index in [1.807, 2.05) is 24.7 Å². The van der Waals surface area contributed by atoms with Gasteiger partial charge in [0, 0.05) is 19.4 Å². The molecule has 1 aromatic rings. The quantitative estimate of drug-likeness (QED) is 0.777. The van der Waals surface area contributed by atoms with Crippen molar-refractivity contribution in [2.45, 2.75) is 32.4 Å². The smallest absolute Gasteiger partial charge is 0.325 e. The summed E-state index contributed by atoms with van der Waals surface area (Å²) in [5, 5.41) is 3.19. The number of aryl methyl sites for hydroxylation is 1. The molecule has 1 aromatic heterocycles. The standard InChI is InChI=1S/C11H19N3O2/c1-8(9-12-6-7-14(9)4)13-11(2,3)10(15)16-5/h6-8,13H,1-5H3. The number of hydrogen-bond acceptors (Lipinski definition) is 4. The van der Waals surface area contributed by atoms with E-state index in [1.54, 1.807) is 20.0 Å². The van der Waals surface area contributed by atoms with Crippen molar-refractivity contribution in [3.8, 4) is 0 Å². The summed E-state index contributed by atoms with van der Waals surface area (Å²) in [5.41, 5.74) is -0.722. The summed E-state index contributed by atoms with van der Waals surface area (Å²) in [6, 6.07) is -0.0194. The van der Waals surface area contributed by atoms with Crippen molar-refractivity contribution < 1.29 is 9.53 Å². The van der Waals surface area contributed by atoms with Crippen molar-refractivity contribution >= 4 is 5.97 Å². The maximum atomic E-state index is 11.5. The van der Waals surface area contributed by atoms with Gasteiger partial charge in [-0.25, -0.2) is 4.98 Å². The van der Waals surface area contributed by atoms with E-state index in [-0.39, 0.29) is 12.0 Å². The summed E-state index contributed by atoms with van der Waals surface area (Å²) in [7, 11) is 3.31. The molecule has 0 aromatic carbocycles. The summed E-state index contributed by atoms with van der Waals surface area (Å²) in [6.07, 6.45) is 3.61. The molecule has 0 aliphatic heterocycles. The molecule has 5 heteroatoms. The average Bonchev–Trinajstić information content (AvgIpc) is 2.62. The highest BCUT2D eigenvalue weighted by Gasteiger charge is 2.31. The average molecular weight is 225 g/mol. The minimum Gasteiger partial charge on any atom is -0.468 e. The van der Waals surface area contributed by atoms with Crippen LogP contribution in [0.3, 0.4) is 0 Å². The van der Waals surface area contributed by atoms with Crippen LogP contribution in [0.25, 0.3) is 0 Å². The van der Waals surface area contributed by atoms with Crippen LogP contribution in [0.4, 0.5) is 0 Å². The number of esters is 1. The van der Waals surface area contributed by atoms with Crippen LogP contribution in [-0.4, -0.2) is 28.2 Å². The van der Waals surface area contributed by atoms with Gasteiger partial charge < -0.3 is 9.30 Å². The fourth-order valence-corrected chi connectivity index (χ4v) is 1.71. The number of carbonyl (C=O) groups is 1. The Kier molecular flexibility index (Phi) is 3.70. The molecular weight excluding hydrogens is 206 g/mol. The van der Waals surface area contributed by atoms with E-state index in [2.05, 4.69) is 10.3 Å². The lowest BCUT2D eigenvalue weighted by Gasteiger charge is -2.27. The highest BCUT2D eigenvalue weighted by Crippen LogP contribution is 2.15. The lowest BCUT2D eigenvalue weighted by atomic mass is 10.0. The third-order valence-electron chi connectivity index (χ3n) is 2.52. The molecule has 0 radical (unpaired) electrons. The SMILES string of the molecule is COC(=O)C(C)(C)NC(C)c1nccn1C. The van der Waals surface area contributed by atoms with E-state index < -0.39 is 5.54 Å². The number of methoxy groups -OCH3 is 1. The van der Waals surface area contributed by atoms with Crippen LogP contribution in [0, 0.1) is 0 Å². The molecule has 1 atom stereocenters. The number of nitrogens with zero attached hydrogens (tertiary/aromatic N) is 2. The van der Waals surface area contributed by atoms with Crippen molar-refractivity contribution in [3.05, 3.63) is 18.2 Å².